The second kappa shape index (κ2) is 8.74. The Labute approximate surface area is 166 Å². The molecule has 1 unspecified atom stereocenters. The first-order chi connectivity index (χ1) is 13.5. The summed E-state index contributed by atoms with van der Waals surface area (Å²) >= 11 is 0. The van der Waals surface area contributed by atoms with Gasteiger partial charge in [-0.2, -0.15) is 0 Å². The average Bonchev–Trinajstić information content (AvgIpc) is 3.19. The highest BCUT2D eigenvalue weighted by Crippen LogP contribution is 2.41. The number of methoxy groups -OCH3 is 1. The molecule has 0 aliphatic heterocycles. The number of hydrogen-bond acceptors (Lipinski definition) is 3. The van der Waals surface area contributed by atoms with Gasteiger partial charge in [-0.3, -0.25) is 4.79 Å². The summed E-state index contributed by atoms with van der Waals surface area (Å²) in [6.45, 7) is 0.502. The molecule has 0 saturated heterocycles. The Morgan fingerprint density at radius 3 is 2.46 bits per heavy atom. The van der Waals surface area contributed by atoms with Gasteiger partial charge in [-0.1, -0.05) is 37.1 Å². The molecule has 28 heavy (non-hydrogen) atoms. The third kappa shape index (κ3) is 4.20. The number of hydrogen-bond donors (Lipinski definition) is 1. The summed E-state index contributed by atoms with van der Waals surface area (Å²) in [6, 6.07) is 14.4. The fourth-order valence-electron chi connectivity index (χ4n) is 4.20. The lowest BCUT2D eigenvalue weighted by Crippen LogP contribution is -2.45. The zero-order chi connectivity index (χ0) is 20.1. The Morgan fingerprint density at radius 2 is 1.86 bits per heavy atom. The highest BCUT2D eigenvalue weighted by molar-refractivity contribution is 5.88. The average molecular weight is 384 g/mol. The summed E-state index contributed by atoms with van der Waals surface area (Å²) in [5.41, 5.74) is 1.44. The van der Waals surface area contributed by atoms with Crippen LogP contribution in [0.5, 0.6) is 5.75 Å². The zero-order valence-electron chi connectivity index (χ0n) is 16.9. The number of carbonyl (C=O) groups excluding carboxylic acids is 1. The van der Waals surface area contributed by atoms with E-state index in [-0.39, 0.29) is 17.8 Å². The molecule has 1 atom stereocenters. The molecule has 1 aliphatic rings. The Balaban J connectivity index is 1.78. The van der Waals surface area contributed by atoms with Crippen molar-refractivity contribution in [3.63, 3.8) is 0 Å². The van der Waals surface area contributed by atoms with E-state index >= 15 is 0 Å². The second-order valence-electron chi connectivity index (χ2n) is 7.76. The Morgan fingerprint density at radius 1 is 1.18 bits per heavy atom. The fourth-order valence-corrected chi connectivity index (χ4v) is 4.20. The number of rotatable bonds is 7. The molecule has 4 nitrogen and oxygen atoms in total. The van der Waals surface area contributed by atoms with Gasteiger partial charge in [0.1, 0.15) is 11.6 Å². The van der Waals surface area contributed by atoms with Crippen LogP contribution in [0.2, 0.25) is 0 Å². The van der Waals surface area contributed by atoms with Crippen molar-refractivity contribution in [3.05, 3.63) is 65.5 Å². The predicted octanol–water partition coefficient (Wildman–Crippen LogP) is 4.07. The lowest BCUT2D eigenvalue weighted by Gasteiger charge is -2.31. The second-order valence-corrected chi connectivity index (χ2v) is 7.76. The van der Waals surface area contributed by atoms with E-state index < -0.39 is 5.41 Å². The van der Waals surface area contributed by atoms with Gasteiger partial charge in [0.2, 0.25) is 5.91 Å². The molecule has 0 aromatic heterocycles. The van der Waals surface area contributed by atoms with E-state index in [0.29, 0.717) is 6.54 Å². The normalized spacial score (nSPS) is 16.8. The molecule has 2 aromatic carbocycles. The van der Waals surface area contributed by atoms with Crippen LogP contribution in [0.3, 0.4) is 0 Å². The largest absolute Gasteiger partial charge is 0.497 e. The molecule has 1 N–H and O–H groups in total. The predicted molar refractivity (Wildman–Crippen MR) is 109 cm³/mol. The number of ether oxygens (including phenoxy) is 1. The van der Waals surface area contributed by atoms with Gasteiger partial charge in [0.05, 0.1) is 18.6 Å². The minimum absolute atomic E-state index is 0.0331. The molecule has 1 fully saturated rings. The quantitative estimate of drug-likeness (QED) is 0.783. The number of halogens is 1. The van der Waals surface area contributed by atoms with Crippen molar-refractivity contribution >= 4 is 5.91 Å². The number of amides is 1. The van der Waals surface area contributed by atoms with E-state index in [1.165, 1.54) is 12.1 Å². The lowest BCUT2D eigenvalue weighted by atomic mass is 9.78. The summed E-state index contributed by atoms with van der Waals surface area (Å²) < 4.78 is 18.7. The highest BCUT2D eigenvalue weighted by atomic mass is 19.1. The van der Waals surface area contributed by atoms with Crippen LogP contribution in [0.4, 0.5) is 4.39 Å². The van der Waals surface area contributed by atoms with Gasteiger partial charge in [-0.15, -0.1) is 0 Å². The van der Waals surface area contributed by atoms with Crippen molar-refractivity contribution in [2.75, 3.05) is 27.7 Å². The van der Waals surface area contributed by atoms with Crippen LogP contribution in [0, 0.1) is 5.82 Å². The van der Waals surface area contributed by atoms with Crippen molar-refractivity contribution in [3.8, 4) is 5.75 Å². The smallest absolute Gasteiger partial charge is 0.230 e. The van der Waals surface area contributed by atoms with E-state index in [4.69, 9.17) is 4.74 Å². The van der Waals surface area contributed by atoms with Gasteiger partial charge in [-0.05, 0) is 62.3 Å². The number of carbonyl (C=O) groups is 1. The molecule has 0 heterocycles. The van der Waals surface area contributed by atoms with Crippen LogP contribution >= 0.6 is 0 Å². The molecule has 150 valence electrons. The molecule has 3 rings (SSSR count). The Hall–Kier alpha value is -2.40. The van der Waals surface area contributed by atoms with Crippen molar-refractivity contribution in [2.24, 2.45) is 0 Å². The summed E-state index contributed by atoms with van der Waals surface area (Å²) in [7, 11) is 5.65. The lowest BCUT2D eigenvalue weighted by molar-refractivity contribution is -0.126. The van der Waals surface area contributed by atoms with E-state index in [1.807, 2.05) is 38.4 Å². The monoisotopic (exact) mass is 384 g/mol. The molecule has 1 saturated carbocycles. The summed E-state index contributed by atoms with van der Waals surface area (Å²) in [4.78, 5) is 15.4. The summed E-state index contributed by atoms with van der Waals surface area (Å²) in [6.07, 6.45) is 3.63. The topological polar surface area (TPSA) is 41.6 Å². The molecular weight excluding hydrogens is 355 g/mol. The fraction of sp³-hybridized carbons (Fsp3) is 0.435. The number of nitrogens with zero attached hydrogens (tertiary/aromatic N) is 1. The maximum atomic E-state index is 13.4. The molecule has 0 bridgehead atoms. The van der Waals surface area contributed by atoms with E-state index in [1.54, 1.807) is 19.2 Å². The third-order valence-corrected chi connectivity index (χ3v) is 5.85. The van der Waals surface area contributed by atoms with E-state index in [2.05, 4.69) is 10.2 Å². The molecule has 1 amide bonds. The maximum absolute atomic E-state index is 13.4. The molecule has 2 aromatic rings. The number of likely N-dealkylation sites (N-methyl/N-ethyl adjacent to an activating group) is 1. The minimum atomic E-state index is -0.557. The van der Waals surface area contributed by atoms with Crippen LogP contribution in [0.1, 0.15) is 42.9 Å². The minimum Gasteiger partial charge on any atom is -0.497 e. The Kier molecular flexibility index (Phi) is 6.35. The summed E-state index contributed by atoms with van der Waals surface area (Å²) in [5.74, 6) is 0.559. The maximum Gasteiger partial charge on any atom is 0.230 e. The molecule has 0 radical (unpaired) electrons. The van der Waals surface area contributed by atoms with Crippen LogP contribution in [-0.4, -0.2) is 38.6 Å². The number of nitrogens with one attached hydrogen (secondary N) is 1. The molecule has 1 aliphatic carbocycles. The van der Waals surface area contributed by atoms with Crippen molar-refractivity contribution in [1.82, 2.24) is 10.2 Å². The van der Waals surface area contributed by atoms with E-state index in [9.17, 15) is 9.18 Å². The van der Waals surface area contributed by atoms with Crippen LogP contribution < -0.4 is 10.1 Å². The van der Waals surface area contributed by atoms with Crippen LogP contribution in [0.15, 0.2) is 48.5 Å². The number of benzene rings is 2. The van der Waals surface area contributed by atoms with Crippen LogP contribution in [-0.2, 0) is 10.2 Å². The van der Waals surface area contributed by atoms with Gasteiger partial charge in [0.15, 0.2) is 0 Å². The van der Waals surface area contributed by atoms with Gasteiger partial charge in [0.25, 0.3) is 0 Å². The molecule has 5 heteroatoms. The van der Waals surface area contributed by atoms with E-state index in [0.717, 1.165) is 42.6 Å². The van der Waals surface area contributed by atoms with Crippen molar-refractivity contribution < 1.29 is 13.9 Å². The van der Waals surface area contributed by atoms with Gasteiger partial charge in [-0.25, -0.2) is 4.39 Å². The first-order valence-corrected chi connectivity index (χ1v) is 9.81. The van der Waals surface area contributed by atoms with Crippen molar-refractivity contribution in [1.29, 1.82) is 0 Å². The first-order valence-electron chi connectivity index (χ1n) is 9.81. The molecular formula is C23H29FN2O2. The third-order valence-electron chi connectivity index (χ3n) is 5.85. The first kappa shape index (κ1) is 20.3. The van der Waals surface area contributed by atoms with Gasteiger partial charge in [0, 0.05) is 6.54 Å². The standard InChI is InChI=1S/C23H29FN2O2/c1-26(2)21(17-7-6-8-20(15-17)28-3)16-25-22(27)23(13-4-5-14-23)18-9-11-19(24)12-10-18/h6-12,15,21H,4-5,13-14,16H2,1-3H3,(H,25,27). The van der Waals surface area contributed by atoms with Gasteiger partial charge >= 0.3 is 0 Å². The summed E-state index contributed by atoms with van der Waals surface area (Å²) in [5, 5.41) is 3.18. The zero-order valence-corrected chi connectivity index (χ0v) is 16.9. The van der Waals surface area contributed by atoms with Crippen molar-refractivity contribution in [2.45, 2.75) is 37.1 Å². The van der Waals surface area contributed by atoms with Crippen LogP contribution in [0.25, 0.3) is 0 Å². The van der Waals surface area contributed by atoms with Gasteiger partial charge < -0.3 is 15.0 Å². The molecule has 0 spiro atoms. The highest BCUT2D eigenvalue weighted by Gasteiger charge is 2.42. The Bertz CT molecular complexity index is 799. The SMILES string of the molecule is COc1cccc(C(CNC(=O)C2(c3ccc(F)cc3)CCCC2)N(C)C)c1.